The lowest BCUT2D eigenvalue weighted by atomic mass is 9.87. The summed E-state index contributed by atoms with van der Waals surface area (Å²) in [6.45, 7) is 6.95. The molecular weight excluding hydrogens is 326 g/mol. The second-order valence-corrected chi connectivity index (χ2v) is 9.62. The quantitative estimate of drug-likeness (QED) is 0.797. The molecular formula is C18H27NO4S. The first-order valence-corrected chi connectivity index (χ1v) is 10.2. The van der Waals surface area contributed by atoms with Crippen LogP contribution in [0.4, 0.5) is 0 Å². The molecule has 0 aliphatic carbocycles. The molecule has 6 heteroatoms. The Balaban J connectivity index is 1.66. The zero-order chi connectivity index (χ0) is 17.8. The maximum absolute atomic E-state index is 11.8. The molecule has 1 amide bonds. The molecule has 134 valence electrons. The van der Waals surface area contributed by atoms with E-state index < -0.39 is 9.84 Å². The van der Waals surface area contributed by atoms with Gasteiger partial charge < -0.3 is 10.1 Å². The fraction of sp³-hybridized carbons (Fsp3) is 0.611. The number of nitrogens with one attached hydrogen (secondary N) is 1. The summed E-state index contributed by atoms with van der Waals surface area (Å²) in [7, 11) is -2.96. The van der Waals surface area contributed by atoms with Crippen molar-refractivity contribution in [2.45, 2.75) is 51.5 Å². The van der Waals surface area contributed by atoms with Crippen molar-refractivity contribution in [3.8, 4) is 5.75 Å². The van der Waals surface area contributed by atoms with E-state index in [4.69, 9.17) is 4.74 Å². The van der Waals surface area contributed by atoms with Crippen LogP contribution in [-0.2, 0) is 20.0 Å². The first-order valence-electron chi connectivity index (χ1n) is 8.39. The number of ether oxygens (including phenoxy) is 1. The summed E-state index contributed by atoms with van der Waals surface area (Å²) in [4.78, 5) is 11.8. The Morgan fingerprint density at radius 3 is 2.46 bits per heavy atom. The van der Waals surface area contributed by atoms with Crippen molar-refractivity contribution < 1.29 is 17.9 Å². The van der Waals surface area contributed by atoms with Crippen LogP contribution in [0.15, 0.2) is 24.3 Å². The molecule has 0 radical (unpaired) electrons. The number of carbonyl (C=O) groups is 1. The standard InChI is InChI=1S/C18H27NO4S/c1-18(2,3)14-6-8-16(9-7-14)23-11-4-5-17(20)19-15-10-12-24(21,22)13-15/h6-9,15H,4-5,10-13H2,1-3H3,(H,19,20)/t15-/m0/s1. The summed E-state index contributed by atoms with van der Waals surface area (Å²) in [5, 5.41) is 2.78. The average Bonchev–Trinajstić information content (AvgIpc) is 2.82. The number of sulfone groups is 1. The molecule has 1 aromatic carbocycles. The van der Waals surface area contributed by atoms with E-state index in [9.17, 15) is 13.2 Å². The van der Waals surface area contributed by atoms with E-state index in [0.29, 0.717) is 25.9 Å². The van der Waals surface area contributed by atoms with Gasteiger partial charge in [-0.15, -0.1) is 0 Å². The van der Waals surface area contributed by atoms with Crippen molar-refractivity contribution in [1.29, 1.82) is 0 Å². The smallest absolute Gasteiger partial charge is 0.220 e. The van der Waals surface area contributed by atoms with Gasteiger partial charge >= 0.3 is 0 Å². The fourth-order valence-electron chi connectivity index (χ4n) is 2.68. The zero-order valence-corrected chi connectivity index (χ0v) is 15.5. The molecule has 1 saturated heterocycles. The molecule has 0 unspecified atom stereocenters. The minimum Gasteiger partial charge on any atom is -0.494 e. The van der Waals surface area contributed by atoms with Crippen LogP contribution in [0.3, 0.4) is 0 Å². The van der Waals surface area contributed by atoms with Crippen LogP contribution in [0, 0.1) is 0 Å². The first-order chi connectivity index (χ1) is 11.2. The minimum absolute atomic E-state index is 0.0648. The highest BCUT2D eigenvalue weighted by Gasteiger charge is 2.28. The number of benzene rings is 1. The van der Waals surface area contributed by atoms with E-state index >= 15 is 0 Å². The highest BCUT2D eigenvalue weighted by atomic mass is 32.2. The van der Waals surface area contributed by atoms with Crippen molar-refractivity contribution in [2.24, 2.45) is 0 Å². The largest absolute Gasteiger partial charge is 0.494 e. The van der Waals surface area contributed by atoms with Gasteiger partial charge in [0.05, 0.1) is 18.1 Å². The van der Waals surface area contributed by atoms with Gasteiger partial charge in [0.1, 0.15) is 5.75 Å². The van der Waals surface area contributed by atoms with E-state index in [1.54, 1.807) is 0 Å². The van der Waals surface area contributed by atoms with Gasteiger partial charge in [0.15, 0.2) is 9.84 Å². The summed E-state index contributed by atoms with van der Waals surface area (Å²) in [6.07, 6.45) is 1.47. The second-order valence-electron chi connectivity index (χ2n) is 7.39. The third-order valence-electron chi connectivity index (χ3n) is 4.13. The number of hydrogen-bond acceptors (Lipinski definition) is 4. The molecule has 1 aliphatic rings. The van der Waals surface area contributed by atoms with Crippen LogP contribution in [0.25, 0.3) is 0 Å². The molecule has 1 heterocycles. The molecule has 0 spiro atoms. The molecule has 1 atom stereocenters. The van der Waals surface area contributed by atoms with Crippen LogP contribution in [0.2, 0.25) is 0 Å². The Morgan fingerprint density at radius 1 is 1.25 bits per heavy atom. The van der Waals surface area contributed by atoms with Crippen molar-refractivity contribution in [3.63, 3.8) is 0 Å². The Morgan fingerprint density at radius 2 is 1.92 bits per heavy atom. The predicted molar refractivity (Wildman–Crippen MR) is 95.1 cm³/mol. The SMILES string of the molecule is CC(C)(C)c1ccc(OCCCC(=O)N[C@H]2CCS(=O)(=O)C2)cc1. The normalized spacial score (nSPS) is 19.9. The molecule has 0 saturated carbocycles. The van der Waals surface area contributed by atoms with Crippen molar-refractivity contribution in [2.75, 3.05) is 18.1 Å². The summed E-state index contributed by atoms with van der Waals surface area (Å²) in [6, 6.07) is 7.78. The molecule has 1 fully saturated rings. The molecule has 1 aliphatic heterocycles. The van der Waals surface area contributed by atoms with Crippen molar-refractivity contribution in [1.82, 2.24) is 5.32 Å². The molecule has 24 heavy (non-hydrogen) atoms. The van der Waals surface area contributed by atoms with Gasteiger partial charge in [0.25, 0.3) is 0 Å². The summed E-state index contributed by atoms with van der Waals surface area (Å²) < 4.78 is 28.4. The Bertz CT molecular complexity index is 659. The number of rotatable bonds is 6. The Kier molecular flexibility index (Phi) is 5.91. The third-order valence-corrected chi connectivity index (χ3v) is 5.90. The lowest BCUT2D eigenvalue weighted by Gasteiger charge is -2.19. The number of amides is 1. The number of hydrogen-bond donors (Lipinski definition) is 1. The fourth-order valence-corrected chi connectivity index (χ4v) is 4.36. The van der Waals surface area contributed by atoms with Crippen LogP contribution in [0.5, 0.6) is 5.75 Å². The first kappa shape index (κ1) is 18.8. The summed E-state index contributed by atoms with van der Waals surface area (Å²) in [5.74, 6) is 0.926. The van der Waals surface area contributed by atoms with Crippen molar-refractivity contribution in [3.05, 3.63) is 29.8 Å². The van der Waals surface area contributed by atoms with Gasteiger partial charge in [-0.25, -0.2) is 8.42 Å². The van der Waals surface area contributed by atoms with Crippen LogP contribution in [0.1, 0.15) is 45.6 Å². The minimum atomic E-state index is -2.96. The van der Waals surface area contributed by atoms with Gasteiger partial charge in [-0.3, -0.25) is 4.79 Å². The van der Waals surface area contributed by atoms with Gasteiger partial charge in [-0.1, -0.05) is 32.9 Å². The summed E-state index contributed by atoms with van der Waals surface area (Å²) >= 11 is 0. The van der Waals surface area contributed by atoms with E-state index in [1.807, 2.05) is 12.1 Å². The van der Waals surface area contributed by atoms with E-state index in [0.717, 1.165) is 5.75 Å². The maximum atomic E-state index is 11.8. The molecule has 2 rings (SSSR count). The number of carbonyl (C=O) groups excluding carboxylic acids is 1. The lowest BCUT2D eigenvalue weighted by Crippen LogP contribution is -2.35. The predicted octanol–water partition coefficient (Wildman–Crippen LogP) is 2.45. The topological polar surface area (TPSA) is 72.5 Å². The van der Waals surface area contributed by atoms with Gasteiger partial charge in [-0.05, 0) is 36.0 Å². The lowest BCUT2D eigenvalue weighted by molar-refractivity contribution is -0.121. The van der Waals surface area contributed by atoms with E-state index in [1.165, 1.54) is 5.56 Å². The molecule has 0 bridgehead atoms. The molecule has 1 N–H and O–H groups in total. The Hall–Kier alpha value is -1.56. The molecule has 1 aromatic rings. The van der Waals surface area contributed by atoms with Crippen LogP contribution < -0.4 is 10.1 Å². The second kappa shape index (κ2) is 7.55. The van der Waals surface area contributed by atoms with Gasteiger partial charge in [0.2, 0.25) is 5.91 Å². The molecule has 5 nitrogen and oxygen atoms in total. The van der Waals surface area contributed by atoms with Crippen LogP contribution >= 0.6 is 0 Å². The molecule has 0 aromatic heterocycles. The van der Waals surface area contributed by atoms with Crippen LogP contribution in [-0.4, -0.2) is 38.5 Å². The third kappa shape index (κ3) is 5.82. The zero-order valence-electron chi connectivity index (χ0n) is 14.7. The van der Waals surface area contributed by atoms with Gasteiger partial charge in [0, 0.05) is 12.5 Å². The van der Waals surface area contributed by atoms with E-state index in [2.05, 4.69) is 38.2 Å². The Labute approximate surface area is 144 Å². The maximum Gasteiger partial charge on any atom is 0.220 e. The van der Waals surface area contributed by atoms with Crippen molar-refractivity contribution >= 4 is 15.7 Å². The highest BCUT2D eigenvalue weighted by Crippen LogP contribution is 2.24. The van der Waals surface area contributed by atoms with Gasteiger partial charge in [-0.2, -0.15) is 0 Å². The monoisotopic (exact) mass is 353 g/mol. The highest BCUT2D eigenvalue weighted by molar-refractivity contribution is 7.91. The summed E-state index contributed by atoms with van der Waals surface area (Å²) in [5.41, 5.74) is 1.37. The average molecular weight is 353 g/mol. The van der Waals surface area contributed by atoms with E-state index in [-0.39, 0.29) is 28.9 Å².